The number of hydrogen-bond acceptors (Lipinski definition) is 16. The number of hydrogen-bond donors (Lipinski definition) is 2. The van der Waals surface area contributed by atoms with Gasteiger partial charge in [0.05, 0.1) is 44.3 Å². The molecule has 0 aliphatic carbocycles. The molecule has 4 aromatic rings. The van der Waals surface area contributed by atoms with Crippen LogP contribution in [0.4, 0.5) is 34.1 Å². The largest absolute Gasteiger partial charge is 0.427 e. The smallest absolute Gasteiger partial charge is 0.311 e. The molecule has 0 atom stereocenters. The number of ether oxygens (including phenoxy) is 2. The minimum atomic E-state index is -0.759. The van der Waals surface area contributed by atoms with E-state index in [0.717, 1.165) is 24.3 Å². The summed E-state index contributed by atoms with van der Waals surface area (Å²) >= 11 is 0. The normalized spacial score (nSPS) is 10.9. The maximum Gasteiger partial charge on any atom is 0.311 e. The molecule has 0 aliphatic rings. The van der Waals surface area contributed by atoms with Crippen molar-refractivity contribution in [2.24, 2.45) is 10.2 Å². The molecule has 0 radical (unpaired) electrons. The van der Waals surface area contributed by atoms with E-state index in [1.165, 1.54) is 24.6 Å². The Labute approximate surface area is 304 Å². The van der Waals surface area contributed by atoms with Crippen LogP contribution < -0.4 is 20.3 Å². The number of rotatable bonds is 19. The number of benzene rings is 4. The number of nitrogens with one attached hydrogen (secondary N) is 2. The van der Waals surface area contributed by atoms with Gasteiger partial charge in [-0.3, -0.25) is 60.9 Å². The summed E-state index contributed by atoms with van der Waals surface area (Å²) in [4.78, 5) is 65.8. The Morgan fingerprint density at radius 1 is 0.537 bits per heavy atom. The number of nitro groups is 4. The number of unbranched alkanes of at least 4 members (excludes halogenated alkanes) is 3. The van der Waals surface area contributed by atoms with E-state index in [2.05, 4.69) is 21.1 Å². The number of carbonyl (C=O) groups is 2. The SMILES string of the molecule is O=C(CCCCCCC(=O)Oc1ccc(/C=N\Nc2ccc([N+](=O)[O-])cc2[N+](=O)[O-])cc1)Oc1ccc(/C=N\Nc2ccc([N+](=O)[O-])cc2[N+](=O)[O-])cc1. The molecule has 0 aromatic heterocycles. The van der Waals surface area contributed by atoms with Crippen molar-refractivity contribution in [2.45, 2.75) is 38.5 Å². The van der Waals surface area contributed by atoms with Crippen molar-refractivity contribution in [1.29, 1.82) is 0 Å². The Balaban J connectivity index is 1.10. The fourth-order valence-corrected chi connectivity index (χ4v) is 4.61. The third-order valence-electron chi connectivity index (χ3n) is 7.31. The fraction of sp³-hybridized carbons (Fsp3) is 0.176. The standard InChI is InChI=1S/C34H30N8O12/c43-33(53-27-13-7-23(8-14-27)21-35-37-29-17-11-25(39(45)46)19-31(29)41(49)50)5-3-1-2-4-6-34(44)54-28-15-9-24(10-16-28)22-36-38-30-18-12-26(40(47)48)20-32(30)42(51)52/h7-22,37-38H,1-6H2/b35-21-,36-22-. The Hall–Kier alpha value is -7.64. The molecule has 0 saturated carbocycles. The average Bonchev–Trinajstić information content (AvgIpc) is 3.14. The molecule has 0 heterocycles. The first-order chi connectivity index (χ1) is 25.9. The van der Waals surface area contributed by atoms with Crippen LogP contribution in [0.5, 0.6) is 11.5 Å². The summed E-state index contributed by atoms with van der Waals surface area (Å²) in [6.45, 7) is 0. The molecule has 0 bridgehead atoms. The molecule has 0 amide bonds. The topological polar surface area (TPSA) is 274 Å². The van der Waals surface area contributed by atoms with Gasteiger partial charge in [-0.2, -0.15) is 10.2 Å². The van der Waals surface area contributed by atoms with Crippen LogP contribution in [-0.2, 0) is 9.59 Å². The Morgan fingerprint density at radius 2 is 0.907 bits per heavy atom. The molecular weight excluding hydrogens is 712 g/mol. The maximum absolute atomic E-state index is 12.3. The zero-order valence-electron chi connectivity index (χ0n) is 28.1. The van der Waals surface area contributed by atoms with E-state index in [1.54, 1.807) is 48.5 Å². The second-order valence-electron chi connectivity index (χ2n) is 11.2. The van der Waals surface area contributed by atoms with E-state index in [9.17, 15) is 50.0 Å². The molecule has 54 heavy (non-hydrogen) atoms. The van der Waals surface area contributed by atoms with E-state index in [1.807, 2.05) is 0 Å². The van der Waals surface area contributed by atoms with Gasteiger partial charge in [-0.05, 0) is 84.6 Å². The second-order valence-corrected chi connectivity index (χ2v) is 11.2. The molecular formula is C34H30N8O12. The average molecular weight is 743 g/mol. The van der Waals surface area contributed by atoms with Crippen LogP contribution in [0, 0.1) is 40.5 Å². The zero-order valence-corrected chi connectivity index (χ0v) is 28.1. The van der Waals surface area contributed by atoms with Crippen LogP contribution in [-0.4, -0.2) is 44.1 Å². The highest BCUT2D eigenvalue weighted by Crippen LogP contribution is 2.30. The summed E-state index contributed by atoms with van der Waals surface area (Å²) < 4.78 is 10.7. The molecule has 20 nitrogen and oxygen atoms in total. The highest BCUT2D eigenvalue weighted by molar-refractivity contribution is 5.82. The van der Waals surface area contributed by atoms with E-state index in [0.29, 0.717) is 48.3 Å². The predicted molar refractivity (Wildman–Crippen MR) is 194 cm³/mol. The maximum atomic E-state index is 12.3. The Kier molecular flexibility index (Phi) is 13.8. The summed E-state index contributed by atoms with van der Waals surface area (Å²) in [6, 6.07) is 18.9. The minimum Gasteiger partial charge on any atom is -0.427 e. The first-order valence-corrected chi connectivity index (χ1v) is 15.9. The zero-order chi connectivity index (χ0) is 39.0. The highest BCUT2D eigenvalue weighted by Gasteiger charge is 2.20. The molecule has 20 heteroatoms. The summed E-state index contributed by atoms with van der Waals surface area (Å²) in [5.74, 6) is -0.242. The lowest BCUT2D eigenvalue weighted by Gasteiger charge is -2.06. The van der Waals surface area contributed by atoms with Crippen LogP contribution >= 0.6 is 0 Å². The molecule has 2 N–H and O–H groups in total. The lowest BCUT2D eigenvalue weighted by molar-refractivity contribution is -0.393. The van der Waals surface area contributed by atoms with Crippen molar-refractivity contribution in [3.8, 4) is 11.5 Å². The third kappa shape index (κ3) is 12.0. The fourth-order valence-electron chi connectivity index (χ4n) is 4.61. The van der Waals surface area contributed by atoms with Crippen molar-refractivity contribution in [3.63, 3.8) is 0 Å². The molecule has 4 aromatic carbocycles. The van der Waals surface area contributed by atoms with Gasteiger partial charge in [-0.1, -0.05) is 12.8 Å². The third-order valence-corrected chi connectivity index (χ3v) is 7.31. The van der Waals surface area contributed by atoms with Crippen molar-refractivity contribution >= 4 is 58.5 Å². The van der Waals surface area contributed by atoms with Gasteiger partial charge in [-0.15, -0.1) is 0 Å². The summed E-state index contributed by atoms with van der Waals surface area (Å²) in [7, 11) is 0. The van der Waals surface area contributed by atoms with Gasteiger partial charge in [0.2, 0.25) is 0 Å². The molecule has 0 fully saturated rings. The van der Waals surface area contributed by atoms with Crippen LogP contribution in [0.3, 0.4) is 0 Å². The van der Waals surface area contributed by atoms with E-state index >= 15 is 0 Å². The minimum absolute atomic E-state index is 0.0299. The van der Waals surface area contributed by atoms with E-state index in [-0.39, 0.29) is 24.2 Å². The van der Waals surface area contributed by atoms with Gasteiger partial charge in [0.15, 0.2) is 0 Å². The van der Waals surface area contributed by atoms with Crippen molar-refractivity contribution in [2.75, 3.05) is 10.9 Å². The van der Waals surface area contributed by atoms with Crippen molar-refractivity contribution < 1.29 is 38.8 Å². The number of carbonyl (C=O) groups excluding carboxylic acids is 2. The Bertz CT molecular complexity index is 1940. The second kappa shape index (κ2) is 19.1. The number of nitrogens with zero attached hydrogens (tertiary/aromatic N) is 6. The van der Waals surface area contributed by atoms with Gasteiger partial charge in [0.25, 0.3) is 11.4 Å². The number of nitro benzene ring substituents is 4. The highest BCUT2D eigenvalue weighted by atomic mass is 16.6. The van der Waals surface area contributed by atoms with Gasteiger partial charge >= 0.3 is 23.3 Å². The molecule has 4 rings (SSSR count). The lowest BCUT2D eigenvalue weighted by atomic mass is 10.1. The van der Waals surface area contributed by atoms with Crippen molar-refractivity contribution in [1.82, 2.24) is 0 Å². The molecule has 278 valence electrons. The number of non-ortho nitro benzene ring substituents is 2. The summed E-state index contributed by atoms with van der Waals surface area (Å²) in [6.07, 6.45) is 5.54. The van der Waals surface area contributed by atoms with Crippen LogP contribution in [0.15, 0.2) is 95.1 Å². The van der Waals surface area contributed by atoms with Gasteiger partial charge < -0.3 is 9.47 Å². The quantitative estimate of drug-likeness (QED) is 0.0243. The Morgan fingerprint density at radius 3 is 1.24 bits per heavy atom. The lowest BCUT2D eigenvalue weighted by Crippen LogP contribution is -2.08. The number of esters is 2. The number of hydrazone groups is 2. The van der Waals surface area contributed by atoms with Gasteiger partial charge in [-0.25, -0.2) is 0 Å². The van der Waals surface area contributed by atoms with Gasteiger partial charge in [0, 0.05) is 25.0 Å². The summed E-state index contributed by atoms with van der Waals surface area (Å²) in [5.41, 5.74) is 4.23. The monoisotopic (exact) mass is 742 g/mol. The van der Waals surface area contributed by atoms with Crippen LogP contribution in [0.25, 0.3) is 0 Å². The first-order valence-electron chi connectivity index (χ1n) is 15.9. The van der Waals surface area contributed by atoms with Crippen LogP contribution in [0.2, 0.25) is 0 Å². The van der Waals surface area contributed by atoms with Crippen molar-refractivity contribution in [3.05, 3.63) is 137 Å². The summed E-state index contributed by atoms with van der Waals surface area (Å²) in [5, 5.41) is 52.1. The van der Waals surface area contributed by atoms with E-state index < -0.39 is 54.4 Å². The predicted octanol–water partition coefficient (Wildman–Crippen LogP) is 7.06. The molecule has 0 saturated heterocycles. The first kappa shape index (κ1) is 39.2. The molecule has 0 aliphatic heterocycles. The number of anilines is 2. The molecule has 0 spiro atoms. The van der Waals surface area contributed by atoms with Crippen LogP contribution in [0.1, 0.15) is 49.7 Å². The molecule has 0 unspecified atom stereocenters. The van der Waals surface area contributed by atoms with Gasteiger partial charge in [0.1, 0.15) is 22.9 Å². The van der Waals surface area contributed by atoms with E-state index in [4.69, 9.17) is 9.47 Å².